The molecule has 0 N–H and O–H groups in total. The van der Waals surface area contributed by atoms with Gasteiger partial charge in [0.15, 0.2) is 9.84 Å². The topological polar surface area (TPSA) is 59.4 Å². The first-order valence-corrected chi connectivity index (χ1v) is 11.2. The Hall–Kier alpha value is -2.93. The highest BCUT2D eigenvalue weighted by Crippen LogP contribution is 2.31. The summed E-state index contributed by atoms with van der Waals surface area (Å²) in [6.45, 7) is 0.363. The largest absolute Gasteiger partial charge is 0.338 e. The molecule has 7 heteroatoms. The van der Waals surface area contributed by atoms with E-state index in [1.165, 1.54) is 18.2 Å². The predicted octanol–water partition coefficient (Wildman–Crippen LogP) is 3.62. The Morgan fingerprint density at radius 3 is 2.31 bits per heavy atom. The SMILES string of the molecule is O=C(c1ccc(-n2cccc2)cc1)N1CCC(c2ccccc2F)S(=O)(=O)CC1. The van der Waals surface area contributed by atoms with Gasteiger partial charge in [-0.3, -0.25) is 4.79 Å². The number of benzene rings is 2. The van der Waals surface area contributed by atoms with Crippen molar-refractivity contribution < 1.29 is 17.6 Å². The number of nitrogens with zero attached hydrogens (tertiary/aromatic N) is 2. The maximum atomic E-state index is 14.2. The lowest BCUT2D eigenvalue weighted by molar-refractivity contribution is 0.0766. The minimum Gasteiger partial charge on any atom is -0.338 e. The van der Waals surface area contributed by atoms with Crippen molar-refractivity contribution in [2.75, 3.05) is 18.8 Å². The molecule has 1 amide bonds. The third-order valence-electron chi connectivity index (χ3n) is 5.30. The molecule has 0 aliphatic carbocycles. The standard InChI is InChI=1S/C22H21FN2O3S/c23-20-6-2-1-5-19(20)21-11-14-25(15-16-29(21,27)28)22(26)17-7-9-18(10-8-17)24-12-3-4-13-24/h1-10,12-13,21H,11,14-16H2. The number of amides is 1. The van der Waals surface area contributed by atoms with E-state index in [1.54, 1.807) is 23.1 Å². The van der Waals surface area contributed by atoms with Crippen LogP contribution in [0.5, 0.6) is 0 Å². The molecule has 150 valence electrons. The van der Waals surface area contributed by atoms with E-state index in [9.17, 15) is 17.6 Å². The summed E-state index contributed by atoms with van der Waals surface area (Å²) in [7, 11) is -3.56. The molecule has 2 aromatic carbocycles. The molecule has 0 spiro atoms. The molecule has 1 aliphatic rings. The fourth-order valence-electron chi connectivity index (χ4n) is 3.70. The van der Waals surface area contributed by atoms with E-state index < -0.39 is 20.9 Å². The molecule has 1 fully saturated rings. The Balaban J connectivity index is 1.53. The molecule has 1 atom stereocenters. The van der Waals surface area contributed by atoms with Crippen molar-refractivity contribution in [3.63, 3.8) is 0 Å². The van der Waals surface area contributed by atoms with Crippen molar-refractivity contribution in [2.24, 2.45) is 0 Å². The van der Waals surface area contributed by atoms with E-state index in [2.05, 4.69) is 0 Å². The highest BCUT2D eigenvalue weighted by molar-refractivity contribution is 7.91. The predicted molar refractivity (Wildman–Crippen MR) is 109 cm³/mol. The molecular weight excluding hydrogens is 391 g/mol. The number of halogens is 1. The van der Waals surface area contributed by atoms with Crippen LogP contribution in [0.1, 0.15) is 27.6 Å². The van der Waals surface area contributed by atoms with Gasteiger partial charge in [0.1, 0.15) is 5.82 Å². The first-order chi connectivity index (χ1) is 14.0. The Labute approximate surface area is 169 Å². The van der Waals surface area contributed by atoms with Crippen molar-refractivity contribution in [1.82, 2.24) is 9.47 Å². The van der Waals surface area contributed by atoms with E-state index in [4.69, 9.17) is 0 Å². The van der Waals surface area contributed by atoms with E-state index >= 15 is 0 Å². The molecule has 1 unspecified atom stereocenters. The van der Waals surface area contributed by atoms with Crippen LogP contribution in [0.15, 0.2) is 73.1 Å². The van der Waals surface area contributed by atoms with Crippen molar-refractivity contribution in [3.05, 3.63) is 90.0 Å². The smallest absolute Gasteiger partial charge is 0.253 e. The average molecular weight is 412 g/mol. The van der Waals surface area contributed by atoms with E-state index in [0.29, 0.717) is 5.56 Å². The molecular formula is C22H21FN2O3S. The second-order valence-corrected chi connectivity index (χ2v) is 9.40. The van der Waals surface area contributed by atoms with Crippen LogP contribution < -0.4 is 0 Å². The summed E-state index contributed by atoms with van der Waals surface area (Å²) < 4.78 is 41.6. The number of hydrogen-bond acceptors (Lipinski definition) is 3. The molecule has 5 nitrogen and oxygen atoms in total. The molecule has 1 aromatic heterocycles. The summed E-state index contributed by atoms with van der Waals surface area (Å²) in [6, 6.07) is 17.0. The lowest BCUT2D eigenvalue weighted by Crippen LogP contribution is -2.33. The Kier molecular flexibility index (Phi) is 5.24. The van der Waals surface area contributed by atoms with Crippen LogP contribution >= 0.6 is 0 Å². The van der Waals surface area contributed by atoms with Crippen LogP contribution in [-0.2, 0) is 9.84 Å². The monoisotopic (exact) mass is 412 g/mol. The number of carbonyl (C=O) groups is 1. The number of carbonyl (C=O) groups excluding carboxylic acids is 1. The van der Waals surface area contributed by atoms with Gasteiger partial charge < -0.3 is 9.47 Å². The van der Waals surface area contributed by atoms with Crippen molar-refractivity contribution in [2.45, 2.75) is 11.7 Å². The molecule has 3 aromatic rings. The third-order valence-corrected chi connectivity index (χ3v) is 7.40. The van der Waals surface area contributed by atoms with Gasteiger partial charge >= 0.3 is 0 Å². The van der Waals surface area contributed by atoms with Gasteiger partial charge in [-0.25, -0.2) is 12.8 Å². The van der Waals surface area contributed by atoms with Gasteiger partial charge in [0, 0.05) is 42.3 Å². The van der Waals surface area contributed by atoms with Gasteiger partial charge in [0.05, 0.1) is 11.0 Å². The van der Waals surface area contributed by atoms with Gasteiger partial charge in [-0.05, 0) is 48.9 Å². The maximum absolute atomic E-state index is 14.2. The molecule has 1 aliphatic heterocycles. The van der Waals surface area contributed by atoms with E-state index in [0.717, 1.165) is 5.69 Å². The van der Waals surface area contributed by atoms with Crippen molar-refractivity contribution >= 4 is 15.7 Å². The number of rotatable bonds is 3. The van der Waals surface area contributed by atoms with Gasteiger partial charge in [-0.15, -0.1) is 0 Å². The lowest BCUT2D eigenvalue weighted by Gasteiger charge is -2.20. The van der Waals surface area contributed by atoms with Crippen LogP contribution in [0.2, 0.25) is 0 Å². The Morgan fingerprint density at radius 1 is 0.931 bits per heavy atom. The zero-order chi connectivity index (χ0) is 20.4. The lowest BCUT2D eigenvalue weighted by atomic mass is 10.1. The minimum atomic E-state index is -3.56. The van der Waals surface area contributed by atoms with Gasteiger partial charge in [0.25, 0.3) is 5.91 Å². The van der Waals surface area contributed by atoms with Gasteiger partial charge in [0.2, 0.25) is 0 Å². The number of aromatic nitrogens is 1. The molecule has 29 heavy (non-hydrogen) atoms. The molecule has 0 bridgehead atoms. The van der Waals surface area contributed by atoms with Crippen LogP contribution in [0.3, 0.4) is 0 Å². The summed E-state index contributed by atoms with van der Waals surface area (Å²) in [5.74, 6) is -0.922. The van der Waals surface area contributed by atoms with Gasteiger partial charge in [-0.1, -0.05) is 18.2 Å². The van der Waals surface area contributed by atoms with Crippen molar-refractivity contribution in [3.8, 4) is 5.69 Å². The van der Waals surface area contributed by atoms with Crippen LogP contribution in [0, 0.1) is 5.82 Å². The number of sulfone groups is 1. The van der Waals surface area contributed by atoms with Crippen LogP contribution in [-0.4, -0.2) is 42.6 Å². The molecule has 1 saturated heterocycles. The molecule has 4 rings (SSSR count). The first-order valence-electron chi connectivity index (χ1n) is 9.44. The zero-order valence-corrected chi connectivity index (χ0v) is 16.6. The van der Waals surface area contributed by atoms with E-state index in [1.807, 2.05) is 41.2 Å². The maximum Gasteiger partial charge on any atom is 0.253 e. The quantitative estimate of drug-likeness (QED) is 0.660. The van der Waals surface area contributed by atoms with Crippen LogP contribution in [0.25, 0.3) is 5.69 Å². The Morgan fingerprint density at radius 2 is 1.62 bits per heavy atom. The first kappa shape index (κ1) is 19.4. The normalized spacial score (nSPS) is 18.9. The molecule has 0 saturated carbocycles. The fraction of sp³-hybridized carbons (Fsp3) is 0.227. The van der Waals surface area contributed by atoms with E-state index in [-0.39, 0.29) is 36.7 Å². The Bertz CT molecular complexity index is 1110. The van der Waals surface area contributed by atoms with Gasteiger partial charge in [-0.2, -0.15) is 0 Å². The summed E-state index contributed by atoms with van der Waals surface area (Å²) in [5.41, 5.74) is 1.62. The highest BCUT2D eigenvalue weighted by atomic mass is 32.2. The zero-order valence-electron chi connectivity index (χ0n) is 15.7. The van der Waals surface area contributed by atoms with Crippen molar-refractivity contribution in [1.29, 1.82) is 0 Å². The number of hydrogen-bond donors (Lipinski definition) is 0. The summed E-state index contributed by atoms with van der Waals surface area (Å²) in [6.07, 6.45) is 4.01. The fourth-order valence-corrected chi connectivity index (χ4v) is 5.50. The second-order valence-electron chi connectivity index (χ2n) is 7.10. The minimum absolute atomic E-state index is 0.103. The molecule has 0 radical (unpaired) electrons. The summed E-state index contributed by atoms with van der Waals surface area (Å²) in [4.78, 5) is 14.5. The molecule has 2 heterocycles. The highest BCUT2D eigenvalue weighted by Gasteiger charge is 2.34. The second kappa shape index (κ2) is 7.83. The third kappa shape index (κ3) is 3.96. The summed E-state index contributed by atoms with van der Waals surface area (Å²) >= 11 is 0. The average Bonchev–Trinajstić information content (AvgIpc) is 3.21. The van der Waals surface area contributed by atoms with Crippen LogP contribution in [0.4, 0.5) is 4.39 Å². The summed E-state index contributed by atoms with van der Waals surface area (Å²) in [5, 5.41) is -0.933.